The van der Waals surface area contributed by atoms with Gasteiger partial charge in [0.25, 0.3) is 0 Å². The third kappa shape index (κ3) is 3.72. The fraction of sp³-hybridized carbons (Fsp3) is 0.316. The van der Waals surface area contributed by atoms with Gasteiger partial charge in [0.1, 0.15) is 0 Å². The SMILES string of the molecule is O=C(O)CC1CCCN1c1ccc(Cc2ccc(F)c(F)c2)cc1. The Kier molecular flexibility index (Phi) is 4.79. The lowest BCUT2D eigenvalue weighted by molar-refractivity contribution is -0.137. The number of hydrogen-bond acceptors (Lipinski definition) is 2. The average Bonchev–Trinajstić information content (AvgIpc) is 2.99. The van der Waals surface area contributed by atoms with E-state index < -0.39 is 17.6 Å². The van der Waals surface area contributed by atoms with Gasteiger partial charge in [0, 0.05) is 18.3 Å². The van der Waals surface area contributed by atoms with Crippen LogP contribution in [-0.2, 0) is 11.2 Å². The lowest BCUT2D eigenvalue weighted by atomic mass is 10.0. The van der Waals surface area contributed by atoms with Gasteiger partial charge in [-0.1, -0.05) is 18.2 Å². The fourth-order valence-corrected chi connectivity index (χ4v) is 3.28. The van der Waals surface area contributed by atoms with Gasteiger partial charge >= 0.3 is 5.97 Å². The predicted molar refractivity (Wildman–Crippen MR) is 88.2 cm³/mol. The molecule has 2 aromatic carbocycles. The zero-order valence-corrected chi connectivity index (χ0v) is 13.2. The van der Waals surface area contributed by atoms with E-state index in [1.54, 1.807) is 6.07 Å². The van der Waals surface area contributed by atoms with Gasteiger partial charge in [0.2, 0.25) is 0 Å². The highest BCUT2D eigenvalue weighted by Crippen LogP contribution is 2.28. The van der Waals surface area contributed by atoms with Crippen LogP contribution in [0, 0.1) is 11.6 Å². The van der Waals surface area contributed by atoms with Crippen molar-refractivity contribution in [3.8, 4) is 0 Å². The highest BCUT2D eigenvalue weighted by atomic mass is 19.2. The van der Waals surface area contributed by atoms with E-state index in [1.165, 1.54) is 6.07 Å². The van der Waals surface area contributed by atoms with Crippen molar-refractivity contribution in [2.75, 3.05) is 11.4 Å². The third-order valence-electron chi connectivity index (χ3n) is 4.45. The number of carboxylic acid groups (broad SMARTS) is 1. The van der Waals surface area contributed by atoms with E-state index in [2.05, 4.69) is 4.90 Å². The van der Waals surface area contributed by atoms with Crippen molar-refractivity contribution in [3.63, 3.8) is 0 Å². The number of benzene rings is 2. The Balaban J connectivity index is 1.70. The summed E-state index contributed by atoms with van der Waals surface area (Å²) in [5.74, 6) is -2.45. The first-order chi connectivity index (χ1) is 11.5. The van der Waals surface area contributed by atoms with Gasteiger partial charge < -0.3 is 10.0 Å². The predicted octanol–water partition coefficient (Wildman–Crippen LogP) is 4.00. The van der Waals surface area contributed by atoms with Crippen LogP contribution in [0.15, 0.2) is 42.5 Å². The van der Waals surface area contributed by atoms with Crippen LogP contribution in [0.5, 0.6) is 0 Å². The van der Waals surface area contributed by atoms with Gasteiger partial charge in [-0.2, -0.15) is 0 Å². The Bertz CT molecular complexity index is 731. The summed E-state index contributed by atoms with van der Waals surface area (Å²) in [4.78, 5) is 13.1. The highest BCUT2D eigenvalue weighted by molar-refractivity contribution is 5.69. The van der Waals surface area contributed by atoms with Crippen molar-refractivity contribution in [3.05, 3.63) is 65.2 Å². The molecule has 24 heavy (non-hydrogen) atoms. The molecule has 1 atom stereocenters. The van der Waals surface area contributed by atoms with Crippen molar-refractivity contribution >= 4 is 11.7 Å². The number of carboxylic acids is 1. The van der Waals surface area contributed by atoms with Gasteiger partial charge in [0.05, 0.1) is 6.42 Å². The Morgan fingerprint density at radius 3 is 2.46 bits per heavy atom. The highest BCUT2D eigenvalue weighted by Gasteiger charge is 2.26. The number of carbonyl (C=O) groups is 1. The maximum absolute atomic E-state index is 13.3. The second kappa shape index (κ2) is 6.99. The largest absolute Gasteiger partial charge is 0.481 e. The van der Waals surface area contributed by atoms with Crippen molar-refractivity contribution < 1.29 is 18.7 Å². The second-order valence-corrected chi connectivity index (χ2v) is 6.18. The summed E-state index contributed by atoms with van der Waals surface area (Å²) in [5.41, 5.74) is 2.72. The molecule has 1 N–H and O–H groups in total. The number of rotatable bonds is 5. The van der Waals surface area contributed by atoms with Crippen LogP contribution in [0.4, 0.5) is 14.5 Å². The maximum Gasteiger partial charge on any atom is 0.305 e. The van der Waals surface area contributed by atoms with Gasteiger partial charge in [-0.15, -0.1) is 0 Å². The summed E-state index contributed by atoms with van der Waals surface area (Å²) in [6.07, 6.45) is 2.56. The minimum Gasteiger partial charge on any atom is -0.481 e. The summed E-state index contributed by atoms with van der Waals surface area (Å²) >= 11 is 0. The molecule has 2 aromatic rings. The first kappa shape index (κ1) is 16.4. The van der Waals surface area contributed by atoms with E-state index in [0.717, 1.165) is 36.7 Å². The standard InChI is InChI=1S/C19H19F2NO2/c20-17-8-5-14(11-18(17)21)10-13-3-6-15(7-4-13)22-9-1-2-16(22)12-19(23)24/h3-8,11,16H,1-2,9-10,12H2,(H,23,24). The van der Waals surface area contributed by atoms with E-state index in [1.807, 2.05) is 24.3 Å². The monoisotopic (exact) mass is 331 g/mol. The zero-order valence-electron chi connectivity index (χ0n) is 13.2. The summed E-state index contributed by atoms with van der Waals surface area (Å²) < 4.78 is 26.2. The molecule has 0 amide bonds. The first-order valence-electron chi connectivity index (χ1n) is 8.04. The second-order valence-electron chi connectivity index (χ2n) is 6.18. The first-order valence-corrected chi connectivity index (χ1v) is 8.04. The van der Waals surface area contributed by atoms with Crippen molar-refractivity contribution in [2.45, 2.75) is 31.7 Å². The maximum atomic E-state index is 13.3. The molecule has 1 aliphatic rings. The lowest BCUT2D eigenvalue weighted by Gasteiger charge is -2.26. The summed E-state index contributed by atoms with van der Waals surface area (Å²) in [7, 11) is 0. The van der Waals surface area contributed by atoms with Gasteiger partial charge in [-0.05, 0) is 54.7 Å². The average molecular weight is 331 g/mol. The number of hydrogen-bond donors (Lipinski definition) is 1. The van der Waals surface area contributed by atoms with Crippen LogP contribution in [0.1, 0.15) is 30.4 Å². The summed E-state index contributed by atoms with van der Waals surface area (Å²) in [5, 5.41) is 9.00. The Morgan fingerprint density at radius 2 is 1.79 bits per heavy atom. The molecule has 1 aliphatic heterocycles. The molecular formula is C19H19F2NO2. The molecular weight excluding hydrogens is 312 g/mol. The van der Waals surface area contributed by atoms with E-state index >= 15 is 0 Å². The molecule has 0 aromatic heterocycles. The summed E-state index contributed by atoms with van der Waals surface area (Å²) in [6, 6.07) is 11.8. The van der Waals surface area contributed by atoms with Crippen molar-refractivity contribution in [1.29, 1.82) is 0 Å². The van der Waals surface area contributed by atoms with Crippen LogP contribution in [0.2, 0.25) is 0 Å². The molecule has 0 aliphatic carbocycles. The van der Waals surface area contributed by atoms with E-state index in [9.17, 15) is 13.6 Å². The topological polar surface area (TPSA) is 40.5 Å². The Hall–Kier alpha value is -2.43. The van der Waals surface area contributed by atoms with Crippen molar-refractivity contribution in [2.24, 2.45) is 0 Å². The molecule has 1 fully saturated rings. The molecule has 126 valence electrons. The minimum absolute atomic E-state index is 0.0412. The van der Waals surface area contributed by atoms with Gasteiger partial charge in [-0.25, -0.2) is 8.78 Å². The molecule has 0 bridgehead atoms. The third-order valence-corrected chi connectivity index (χ3v) is 4.45. The molecule has 0 saturated carbocycles. The molecule has 3 nitrogen and oxygen atoms in total. The molecule has 3 rings (SSSR count). The van der Waals surface area contributed by atoms with Gasteiger partial charge in [0.15, 0.2) is 11.6 Å². The number of nitrogens with zero attached hydrogens (tertiary/aromatic N) is 1. The molecule has 1 heterocycles. The fourth-order valence-electron chi connectivity index (χ4n) is 3.28. The number of anilines is 1. The van der Waals surface area contributed by atoms with Crippen molar-refractivity contribution in [1.82, 2.24) is 0 Å². The lowest BCUT2D eigenvalue weighted by Crippen LogP contribution is -2.31. The van der Waals surface area contributed by atoms with E-state index in [0.29, 0.717) is 12.0 Å². The molecule has 0 spiro atoms. The van der Waals surface area contributed by atoms with Crippen LogP contribution in [0.25, 0.3) is 0 Å². The number of aliphatic carboxylic acids is 1. The van der Waals surface area contributed by atoms with Crippen LogP contribution in [0.3, 0.4) is 0 Å². The molecule has 1 unspecified atom stereocenters. The van der Waals surface area contributed by atoms with Crippen LogP contribution >= 0.6 is 0 Å². The van der Waals surface area contributed by atoms with Crippen LogP contribution in [-0.4, -0.2) is 23.7 Å². The quantitative estimate of drug-likeness (QED) is 0.900. The molecule has 0 radical (unpaired) electrons. The van der Waals surface area contributed by atoms with Gasteiger partial charge in [-0.3, -0.25) is 4.79 Å². The smallest absolute Gasteiger partial charge is 0.305 e. The van der Waals surface area contributed by atoms with Crippen LogP contribution < -0.4 is 4.90 Å². The summed E-state index contributed by atoms with van der Waals surface area (Å²) in [6.45, 7) is 0.862. The molecule has 1 saturated heterocycles. The Labute approximate surface area is 139 Å². The zero-order chi connectivity index (χ0) is 17.1. The molecule has 5 heteroatoms. The van der Waals surface area contributed by atoms with E-state index in [-0.39, 0.29) is 12.5 Å². The Morgan fingerprint density at radius 1 is 1.08 bits per heavy atom. The normalized spacial score (nSPS) is 17.2. The number of halogens is 2. The minimum atomic E-state index is -0.840. The van der Waals surface area contributed by atoms with E-state index in [4.69, 9.17) is 5.11 Å².